The zero-order valence-corrected chi connectivity index (χ0v) is 11.2. The lowest BCUT2D eigenvalue weighted by atomic mass is 10.2. The lowest BCUT2D eigenvalue weighted by Gasteiger charge is -2.04. The summed E-state index contributed by atoms with van der Waals surface area (Å²) in [4.78, 5) is 0. The molecule has 1 N–H and O–H groups in total. The van der Waals surface area contributed by atoms with E-state index in [1.54, 1.807) is 7.11 Å². The summed E-state index contributed by atoms with van der Waals surface area (Å²) in [6, 6.07) is 18.4. The molecule has 0 heterocycles. The molecule has 0 radical (unpaired) electrons. The number of rotatable bonds is 6. The lowest BCUT2D eigenvalue weighted by molar-refractivity contribution is 0.414. The van der Waals surface area contributed by atoms with E-state index in [1.165, 1.54) is 11.1 Å². The molecule has 0 unspecified atom stereocenters. The summed E-state index contributed by atoms with van der Waals surface area (Å²) in [5, 5.41) is 3.38. The minimum absolute atomic E-state index is 0.844. The van der Waals surface area contributed by atoms with Gasteiger partial charge in [0.15, 0.2) is 0 Å². The van der Waals surface area contributed by atoms with Crippen LogP contribution in [0.2, 0.25) is 0 Å². The minimum Gasteiger partial charge on any atom is -0.497 e. The summed E-state index contributed by atoms with van der Waals surface area (Å²) in [5.74, 6) is 0.902. The van der Waals surface area contributed by atoms with Crippen molar-refractivity contribution >= 4 is 6.08 Å². The zero-order valence-electron chi connectivity index (χ0n) is 11.2. The minimum atomic E-state index is 0.844. The molecule has 98 valence electrons. The number of hydrogen-bond donors (Lipinski definition) is 1. The van der Waals surface area contributed by atoms with Crippen LogP contribution in [-0.2, 0) is 6.54 Å². The standard InChI is InChI=1S/C17H19NO/c1-19-17-11-5-9-16(13-17)14-18-12-6-10-15-7-3-2-4-8-15/h2-11,13,18H,12,14H2,1H3/b10-6+. The maximum atomic E-state index is 5.20. The fourth-order valence-electron chi connectivity index (χ4n) is 1.84. The van der Waals surface area contributed by atoms with Gasteiger partial charge in [0, 0.05) is 13.1 Å². The number of ether oxygens (including phenoxy) is 1. The lowest BCUT2D eigenvalue weighted by Crippen LogP contribution is -2.12. The zero-order chi connectivity index (χ0) is 13.3. The first kappa shape index (κ1) is 13.4. The van der Waals surface area contributed by atoms with Crippen molar-refractivity contribution in [2.75, 3.05) is 13.7 Å². The SMILES string of the molecule is COc1cccc(CNC/C=C/c2ccccc2)c1. The van der Waals surface area contributed by atoms with Crippen molar-refractivity contribution in [1.82, 2.24) is 5.32 Å². The molecule has 2 aromatic carbocycles. The third-order valence-electron chi connectivity index (χ3n) is 2.84. The maximum absolute atomic E-state index is 5.20. The van der Waals surface area contributed by atoms with Crippen LogP contribution in [0.15, 0.2) is 60.7 Å². The molecule has 2 aromatic rings. The summed E-state index contributed by atoms with van der Waals surface area (Å²) in [7, 11) is 1.69. The Kier molecular flexibility index (Phi) is 5.20. The fraction of sp³-hybridized carbons (Fsp3) is 0.176. The molecule has 0 spiro atoms. The summed E-state index contributed by atoms with van der Waals surface area (Å²) in [5.41, 5.74) is 2.46. The van der Waals surface area contributed by atoms with Gasteiger partial charge in [-0.25, -0.2) is 0 Å². The monoisotopic (exact) mass is 253 g/mol. The molecule has 0 amide bonds. The predicted octanol–water partition coefficient (Wildman–Crippen LogP) is 3.50. The second-order valence-electron chi connectivity index (χ2n) is 4.30. The third-order valence-corrected chi connectivity index (χ3v) is 2.84. The van der Waals surface area contributed by atoms with Gasteiger partial charge < -0.3 is 10.1 Å². The van der Waals surface area contributed by atoms with E-state index in [2.05, 4.69) is 35.7 Å². The second kappa shape index (κ2) is 7.39. The highest BCUT2D eigenvalue weighted by Crippen LogP contribution is 2.12. The largest absolute Gasteiger partial charge is 0.497 e. The molecule has 0 fully saturated rings. The Hall–Kier alpha value is -2.06. The van der Waals surface area contributed by atoms with Crippen molar-refractivity contribution in [3.63, 3.8) is 0 Å². The Bertz CT molecular complexity index is 520. The first-order valence-electron chi connectivity index (χ1n) is 6.44. The van der Waals surface area contributed by atoms with Gasteiger partial charge in [-0.3, -0.25) is 0 Å². The number of methoxy groups -OCH3 is 1. The Labute approximate surface area is 114 Å². The van der Waals surface area contributed by atoms with E-state index < -0.39 is 0 Å². The topological polar surface area (TPSA) is 21.3 Å². The molecule has 0 saturated heterocycles. The summed E-state index contributed by atoms with van der Waals surface area (Å²) in [6.07, 6.45) is 4.26. The molecule has 19 heavy (non-hydrogen) atoms. The molecule has 0 bridgehead atoms. The number of hydrogen-bond acceptors (Lipinski definition) is 2. The van der Waals surface area contributed by atoms with Crippen LogP contribution in [0.1, 0.15) is 11.1 Å². The van der Waals surface area contributed by atoms with Crippen LogP contribution in [0.25, 0.3) is 6.08 Å². The molecule has 2 nitrogen and oxygen atoms in total. The van der Waals surface area contributed by atoms with E-state index in [1.807, 2.05) is 36.4 Å². The molecule has 0 saturated carbocycles. The van der Waals surface area contributed by atoms with E-state index in [9.17, 15) is 0 Å². The smallest absolute Gasteiger partial charge is 0.119 e. The Balaban J connectivity index is 1.76. The Morgan fingerprint density at radius 2 is 1.89 bits per heavy atom. The molecule has 0 aromatic heterocycles. The average molecular weight is 253 g/mol. The van der Waals surface area contributed by atoms with Crippen molar-refractivity contribution in [3.8, 4) is 5.75 Å². The molecule has 2 heteroatoms. The summed E-state index contributed by atoms with van der Waals surface area (Å²) in [6.45, 7) is 1.70. The highest BCUT2D eigenvalue weighted by molar-refractivity contribution is 5.48. The third kappa shape index (κ3) is 4.60. The second-order valence-corrected chi connectivity index (χ2v) is 4.30. The van der Waals surface area contributed by atoms with Gasteiger partial charge in [-0.15, -0.1) is 0 Å². The Morgan fingerprint density at radius 3 is 2.68 bits per heavy atom. The van der Waals surface area contributed by atoms with E-state index in [-0.39, 0.29) is 0 Å². The quantitative estimate of drug-likeness (QED) is 0.796. The summed E-state index contributed by atoms with van der Waals surface area (Å²) >= 11 is 0. The first-order valence-corrected chi connectivity index (χ1v) is 6.44. The van der Waals surface area contributed by atoms with Gasteiger partial charge in [0.05, 0.1) is 7.11 Å². The number of nitrogens with one attached hydrogen (secondary N) is 1. The van der Waals surface area contributed by atoms with Gasteiger partial charge >= 0.3 is 0 Å². The van der Waals surface area contributed by atoms with Crippen LogP contribution in [0, 0.1) is 0 Å². The average Bonchev–Trinajstić information content (AvgIpc) is 2.48. The van der Waals surface area contributed by atoms with Gasteiger partial charge in [-0.2, -0.15) is 0 Å². The van der Waals surface area contributed by atoms with Crippen LogP contribution in [-0.4, -0.2) is 13.7 Å². The van der Waals surface area contributed by atoms with Gasteiger partial charge in [-0.05, 0) is 23.3 Å². The van der Waals surface area contributed by atoms with Gasteiger partial charge in [0.25, 0.3) is 0 Å². The summed E-state index contributed by atoms with van der Waals surface area (Å²) < 4.78 is 5.20. The van der Waals surface area contributed by atoms with Crippen LogP contribution in [0.3, 0.4) is 0 Å². The molecule has 0 aliphatic rings. The van der Waals surface area contributed by atoms with E-state index in [4.69, 9.17) is 4.74 Å². The molecular formula is C17H19NO. The molecule has 0 aliphatic heterocycles. The maximum Gasteiger partial charge on any atom is 0.119 e. The van der Waals surface area contributed by atoms with Gasteiger partial charge in [-0.1, -0.05) is 54.6 Å². The van der Waals surface area contributed by atoms with Crippen LogP contribution < -0.4 is 10.1 Å². The van der Waals surface area contributed by atoms with E-state index in [0.29, 0.717) is 0 Å². The molecule has 2 rings (SSSR count). The van der Waals surface area contributed by atoms with Crippen molar-refractivity contribution in [1.29, 1.82) is 0 Å². The highest BCUT2D eigenvalue weighted by atomic mass is 16.5. The van der Waals surface area contributed by atoms with E-state index in [0.717, 1.165) is 18.8 Å². The first-order chi connectivity index (χ1) is 9.38. The van der Waals surface area contributed by atoms with Crippen molar-refractivity contribution in [3.05, 3.63) is 71.8 Å². The van der Waals surface area contributed by atoms with E-state index >= 15 is 0 Å². The predicted molar refractivity (Wildman–Crippen MR) is 80.2 cm³/mol. The fourth-order valence-corrected chi connectivity index (χ4v) is 1.84. The van der Waals surface area contributed by atoms with Crippen LogP contribution in [0.5, 0.6) is 5.75 Å². The van der Waals surface area contributed by atoms with Gasteiger partial charge in [0.2, 0.25) is 0 Å². The molecular weight excluding hydrogens is 234 g/mol. The van der Waals surface area contributed by atoms with Gasteiger partial charge in [0.1, 0.15) is 5.75 Å². The van der Waals surface area contributed by atoms with Crippen molar-refractivity contribution < 1.29 is 4.74 Å². The normalized spacial score (nSPS) is 10.8. The number of benzene rings is 2. The highest BCUT2D eigenvalue weighted by Gasteiger charge is 1.94. The molecule has 0 atom stereocenters. The van der Waals surface area contributed by atoms with Crippen LogP contribution >= 0.6 is 0 Å². The van der Waals surface area contributed by atoms with Crippen molar-refractivity contribution in [2.45, 2.75) is 6.54 Å². The van der Waals surface area contributed by atoms with Crippen LogP contribution in [0.4, 0.5) is 0 Å². The Morgan fingerprint density at radius 1 is 1.05 bits per heavy atom. The van der Waals surface area contributed by atoms with Crippen molar-refractivity contribution in [2.24, 2.45) is 0 Å². The molecule has 0 aliphatic carbocycles.